The van der Waals surface area contributed by atoms with Crippen LogP contribution in [0.2, 0.25) is 0 Å². The molecule has 2 fully saturated rings. The Kier molecular flexibility index (Phi) is 2.37. The zero-order chi connectivity index (χ0) is 14.8. The molecule has 0 unspecified atom stereocenters. The highest BCUT2D eigenvalue weighted by Gasteiger charge is 2.65. The largest absolute Gasteiger partial charge is 0.497 e. The molecule has 4 atom stereocenters. The van der Waals surface area contributed by atoms with Crippen molar-refractivity contribution in [2.75, 3.05) is 12.0 Å². The SMILES string of the molecule is COc1ccc(N2C(=O)[C@H]3[C@H]4C=C[C@@](C)(O4)[C@H]3C2=O)cc1. The molecule has 1 aromatic carbocycles. The number of hydrogen-bond donors (Lipinski definition) is 0. The van der Waals surface area contributed by atoms with Crippen molar-refractivity contribution in [1.82, 2.24) is 0 Å². The molecule has 3 aliphatic rings. The highest BCUT2D eigenvalue weighted by atomic mass is 16.5. The van der Waals surface area contributed by atoms with Crippen LogP contribution in [0.25, 0.3) is 0 Å². The monoisotopic (exact) mass is 285 g/mol. The maximum absolute atomic E-state index is 12.7. The summed E-state index contributed by atoms with van der Waals surface area (Å²) in [6.45, 7) is 1.87. The molecule has 5 heteroatoms. The maximum Gasteiger partial charge on any atom is 0.241 e. The summed E-state index contributed by atoms with van der Waals surface area (Å²) in [5.41, 5.74) is -0.0632. The Balaban J connectivity index is 1.72. The Morgan fingerprint density at radius 2 is 1.90 bits per heavy atom. The van der Waals surface area contributed by atoms with Crippen LogP contribution in [0.4, 0.5) is 5.69 Å². The van der Waals surface area contributed by atoms with Crippen molar-refractivity contribution >= 4 is 17.5 Å². The molecule has 0 spiro atoms. The molecule has 2 bridgehead atoms. The fourth-order valence-corrected chi connectivity index (χ4v) is 3.64. The molecule has 21 heavy (non-hydrogen) atoms. The first-order valence-electron chi connectivity index (χ1n) is 6.94. The van der Waals surface area contributed by atoms with E-state index in [0.29, 0.717) is 11.4 Å². The number of nitrogens with zero attached hydrogens (tertiary/aromatic N) is 1. The molecule has 1 aromatic rings. The molecule has 3 heterocycles. The van der Waals surface area contributed by atoms with Crippen LogP contribution in [0, 0.1) is 11.8 Å². The van der Waals surface area contributed by atoms with Crippen molar-refractivity contribution in [3.05, 3.63) is 36.4 Å². The fraction of sp³-hybridized carbons (Fsp3) is 0.375. The van der Waals surface area contributed by atoms with Crippen LogP contribution in [0.3, 0.4) is 0 Å². The lowest BCUT2D eigenvalue weighted by atomic mass is 9.78. The number of amides is 2. The molecule has 0 saturated carbocycles. The molecule has 2 saturated heterocycles. The van der Waals surface area contributed by atoms with Gasteiger partial charge in [0, 0.05) is 0 Å². The number of carbonyl (C=O) groups excluding carboxylic acids is 2. The summed E-state index contributed by atoms with van der Waals surface area (Å²) in [5, 5.41) is 0. The van der Waals surface area contributed by atoms with E-state index in [1.165, 1.54) is 4.90 Å². The predicted octanol–water partition coefficient (Wildman–Crippen LogP) is 1.53. The van der Waals surface area contributed by atoms with Crippen LogP contribution in [-0.4, -0.2) is 30.6 Å². The number of imide groups is 1. The van der Waals surface area contributed by atoms with E-state index < -0.39 is 17.4 Å². The van der Waals surface area contributed by atoms with Crippen LogP contribution in [0.1, 0.15) is 6.92 Å². The number of fused-ring (bicyclic) bond motifs is 5. The first-order valence-corrected chi connectivity index (χ1v) is 6.94. The van der Waals surface area contributed by atoms with Gasteiger partial charge in [-0.2, -0.15) is 0 Å². The van der Waals surface area contributed by atoms with Crippen molar-refractivity contribution in [3.8, 4) is 5.75 Å². The average Bonchev–Trinajstić information content (AvgIpc) is 3.09. The molecule has 2 amide bonds. The lowest BCUT2D eigenvalue weighted by Gasteiger charge is -2.24. The Morgan fingerprint density at radius 1 is 1.19 bits per heavy atom. The van der Waals surface area contributed by atoms with Crippen LogP contribution >= 0.6 is 0 Å². The average molecular weight is 285 g/mol. The molecule has 0 aliphatic carbocycles. The van der Waals surface area contributed by atoms with Crippen molar-refractivity contribution < 1.29 is 19.1 Å². The van der Waals surface area contributed by atoms with Gasteiger partial charge in [0.15, 0.2) is 0 Å². The molecule has 108 valence electrons. The highest BCUT2D eigenvalue weighted by molar-refractivity contribution is 6.23. The smallest absolute Gasteiger partial charge is 0.241 e. The van der Waals surface area contributed by atoms with Gasteiger partial charge in [0.1, 0.15) is 5.75 Å². The third kappa shape index (κ3) is 1.49. The van der Waals surface area contributed by atoms with Gasteiger partial charge in [0.25, 0.3) is 0 Å². The van der Waals surface area contributed by atoms with Gasteiger partial charge in [0.05, 0.1) is 36.3 Å². The van der Waals surface area contributed by atoms with E-state index in [2.05, 4.69) is 0 Å². The number of benzene rings is 1. The maximum atomic E-state index is 12.7. The van der Waals surface area contributed by atoms with E-state index >= 15 is 0 Å². The second-order valence-corrected chi connectivity index (χ2v) is 5.84. The number of anilines is 1. The second-order valence-electron chi connectivity index (χ2n) is 5.84. The number of hydrogen-bond acceptors (Lipinski definition) is 4. The van der Waals surface area contributed by atoms with Gasteiger partial charge in [-0.15, -0.1) is 0 Å². The third-order valence-electron chi connectivity index (χ3n) is 4.66. The van der Waals surface area contributed by atoms with E-state index in [0.717, 1.165) is 0 Å². The van der Waals surface area contributed by atoms with E-state index in [-0.39, 0.29) is 17.9 Å². The lowest BCUT2D eigenvalue weighted by Crippen LogP contribution is -2.38. The van der Waals surface area contributed by atoms with Crippen LogP contribution in [-0.2, 0) is 14.3 Å². The summed E-state index contributed by atoms with van der Waals surface area (Å²) in [7, 11) is 1.58. The number of carbonyl (C=O) groups is 2. The van der Waals surface area contributed by atoms with Gasteiger partial charge in [0.2, 0.25) is 11.8 Å². The van der Waals surface area contributed by atoms with Gasteiger partial charge in [-0.3, -0.25) is 9.59 Å². The van der Waals surface area contributed by atoms with E-state index in [9.17, 15) is 9.59 Å². The Labute approximate surface area is 122 Å². The highest BCUT2D eigenvalue weighted by Crippen LogP contribution is 2.52. The predicted molar refractivity (Wildman–Crippen MR) is 74.9 cm³/mol. The van der Waals surface area contributed by atoms with Crippen molar-refractivity contribution in [3.63, 3.8) is 0 Å². The van der Waals surface area contributed by atoms with Gasteiger partial charge in [-0.1, -0.05) is 12.2 Å². The van der Waals surface area contributed by atoms with Crippen molar-refractivity contribution in [1.29, 1.82) is 0 Å². The molecule has 3 aliphatic heterocycles. The lowest BCUT2D eigenvalue weighted by molar-refractivity contribution is -0.126. The second kappa shape index (κ2) is 3.95. The number of methoxy groups -OCH3 is 1. The van der Waals surface area contributed by atoms with Gasteiger partial charge < -0.3 is 9.47 Å². The summed E-state index contributed by atoms with van der Waals surface area (Å²) in [5.74, 6) is -0.468. The first kappa shape index (κ1) is 12.6. The number of ether oxygens (including phenoxy) is 2. The molecule has 0 radical (unpaired) electrons. The first-order chi connectivity index (χ1) is 10.0. The standard InChI is InChI=1S/C16H15NO4/c1-16-8-7-11(21-16)12-13(16)15(19)17(14(12)18)9-3-5-10(20-2)6-4-9/h3-8,11-13H,1-2H3/t11-,12+,13-,16-/m1/s1. The number of rotatable bonds is 2. The van der Waals surface area contributed by atoms with E-state index in [4.69, 9.17) is 9.47 Å². The summed E-state index contributed by atoms with van der Waals surface area (Å²) in [6.07, 6.45) is 3.52. The zero-order valence-corrected chi connectivity index (χ0v) is 11.8. The molecule has 0 aromatic heterocycles. The van der Waals surface area contributed by atoms with Crippen LogP contribution in [0.15, 0.2) is 36.4 Å². The fourth-order valence-electron chi connectivity index (χ4n) is 3.64. The minimum absolute atomic E-state index is 0.173. The molecule has 5 nitrogen and oxygen atoms in total. The van der Waals surface area contributed by atoms with Crippen molar-refractivity contribution in [2.24, 2.45) is 11.8 Å². The Bertz CT molecular complexity index is 665. The third-order valence-corrected chi connectivity index (χ3v) is 4.66. The van der Waals surface area contributed by atoms with Crippen molar-refractivity contribution in [2.45, 2.75) is 18.6 Å². The molecular weight excluding hydrogens is 270 g/mol. The normalized spacial score (nSPS) is 36.5. The summed E-state index contributed by atoms with van der Waals surface area (Å²) < 4.78 is 10.9. The van der Waals surface area contributed by atoms with Crippen LogP contribution < -0.4 is 9.64 Å². The summed E-state index contributed by atoms with van der Waals surface area (Å²) in [4.78, 5) is 26.6. The quantitative estimate of drug-likeness (QED) is 0.611. The van der Waals surface area contributed by atoms with Gasteiger partial charge >= 0.3 is 0 Å². The summed E-state index contributed by atoms with van der Waals surface area (Å²) >= 11 is 0. The minimum Gasteiger partial charge on any atom is -0.497 e. The molecule has 0 N–H and O–H groups in total. The Morgan fingerprint density at radius 3 is 2.52 bits per heavy atom. The molecular formula is C16H15NO4. The molecule has 4 rings (SSSR count). The van der Waals surface area contributed by atoms with Crippen LogP contribution in [0.5, 0.6) is 5.75 Å². The van der Waals surface area contributed by atoms with Gasteiger partial charge in [-0.05, 0) is 31.2 Å². The van der Waals surface area contributed by atoms with Gasteiger partial charge in [-0.25, -0.2) is 4.90 Å². The minimum atomic E-state index is -0.650. The topological polar surface area (TPSA) is 55.8 Å². The Hall–Kier alpha value is -2.14. The van der Waals surface area contributed by atoms with E-state index in [1.807, 2.05) is 19.1 Å². The van der Waals surface area contributed by atoms with E-state index in [1.54, 1.807) is 31.4 Å². The zero-order valence-electron chi connectivity index (χ0n) is 11.8. The summed E-state index contributed by atoms with van der Waals surface area (Å²) in [6, 6.07) is 6.95.